The Morgan fingerprint density at radius 3 is 2.52 bits per heavy atom. The number of rotatable bonds is 4. The summed E-state index contributed by atoms with van der Waals surface area (Å²) >= 11 is 0. The SMILES string of the molecule is Cc1cc(-c2n[nH]c3cc(NC(=O)N[C@H](C)c4ccccc4)ncc23)cc(C)n1. The van der Waals surface area contributed by atoms with Crippen molar-refractivity contribution in [2.24, 2.45) is 0 Å². The molecule has 1 aromatic carbocycles. The second-order valence-corrected chi connectivity index (χ2v) is 7.06. The van der Waals surface area contributed by atoms with E-state index in [0.717, 1.165) is 39.1 Å². The highest BCUT2D eigenvalue weighted by molar-refractivity contribution is 5.95. The lowest BCUT2D eigenvalue weighted by atomic mass is 10.1. The van der Waals surface area contributed by atoms with Crippen LogP contribution in [0.25, 0.3) is 22.2 Å². The fraction of sp³-hybridized carbons (Fsp3) is 0.182. The molecule has 0 saturated carbocycles. The summed E-state index contributed by atoms with van der Waals surface area (Å²) in [5.74, 6) is 0.451. The van der Waals surface area contributed by atoms with Crippen LogP contribution in [0.15, 0.2) is 54.7 Å². The molecule has 2 amide bonds. The quantitative estimate of drug-likeness (QED) is 0.480. The summed E-state index contributed by atoms with van der Waals surface area (Å²) in [5, 5.41) is 14.0. The van der Waals surface area contributed by atoms with Gasteiger partial charge in [0.15, 0.2) is 0 Å². The number of aryl methyl sites for hydroxylation is 2. The Hall–Kier alpha value is -3.74. The van der Waals surface area contributed by atoms with Crippen LogP contribution in [-0.4, -0.2) is 26.2 Å². The Bertz CT molecular complexity index is 1150. The summed E-state index contributed by atoms with van der Waals surface area (Å²) < 4.78 is 0. The van der Waals surface area contributed by atoms with E-state index in [2.05, 4.69) is 30.8 Å². The molecule has 0 aliphatic heterocycles. The van der Waals surface area contributed by atoms with E-state index in [9.17, 15) is 4.79 Å². The van der Waals surface area contributed by atoms with Gasteiger partial charge in [-0.25, -0.2) is 9.78 Å². The monoisotopic (exact) mass is 386 g/mol. The second-order valence-electron chi connectivity index (χ2n) is 7.06. The minimum Gasteiger partial charge on any atom is -0.331 e. The first kappa shape index (κ1) is 18.6. The summed E-state index contributed by atoms with van der Waals surface area (Å²) in [6.45, 7) is 5.85. The molecule has 0 unspecified atom stereocenters. The first-order valence-corrected chi connectivity index (χ1v) is 9.42. The van der Waals surface area contributed by atoms with Crippen LogP contribution in [-0.2, 0) is 0 Å². The average molecular weight is 386 g/mol. The van der Waals surface area contributed by atoms with E-state index in [0.29, 0.717) is 5.82 Å². The first-order chi connectivity index (χ1) is 14.0. The molecule has 29 heavy (non-hydrogen) atoms. The number of H-pyrrole nitrogens is 1. The molecule has 3 heterocycles. The summed E-state index contributed by atoms with van der Waals surface area (Å²) in [7, 11) is 0. The van der Waals surface area contributed by atoms with Crippen molar-refractivity contribution in [3.8, 4) is 11.3 Å². The van der Waals surface area contributed by atoms with E-state index in [4.69, 9.17) is 0 Å². The third-order valence-corrected chi connectivity index (χ3v) is 4.69. The van der Waals surface area contributed by atoms with Crippen molar-refractivity contribution >= 4 is 22.8 Å². The number of aromatic nitrogens is 4. The molecular weight excluding hydrogens is 364 g/mol. The zero-order valence-electron chi connectivity index (χ0n) is 16.5. The number of carbonyl (C=O) groups excluding carboxylic acids is 1. The van der Waals surface area contributed by atoms with Crippen LogP contribution in [0, 0.1) is 13.8 Å². The van der Waals surface area contributed by atoms with Crippen molar-refractivity contribution in [2.75, 3.05) is 5.32 Å². The number of aromatic amines is 1. The molecule has 146 valence electrons. The predicted molar refractivity (Wildman–Crippen MR) is 114 cm³/mol. The molecule has 7 nitrogen and oxygen atoms in total. The van der Waals surface area contributed by atoms with Crippen LogP contribution in [0.5, 0.6) is 0 Å². The topological polar surface area (TPSA) is 95.6 Å². The fourth-order valence-electron chi connectivity index (χ4n) is 3.35. The minimum atomic E-state index is -0.312. The Labute approximate surface area is 168 Å². The summed E-state index contributed by atoms with van der Waals surface area (Å²) in [4.78, 5) is 21.1. The molecule has 4 rings (SSSR count). The van der Waals surface area contributed by atoms with Gasteiger partial charge in [-0.3, -0.25) is 15.4 Å². The number of fused-ring (bicyclic) bond motifs is 1. The van der Waals surface area contributed by atoms with Crippen LogP contribution in [0.1, 0.15) is 29.9 Å². The summed E-state index contributed by atoms with van der Waals surface area (Å²) in [6, 6.07) is 15.1. The van der Waals surface area contributed by atoms with Gasteiger partial charge in [-0.05, 0) is 38.5 Å². The minimum absolute atomic E-state index is 0.114. The van der Waals surface area contributed by atoms with E-state index in [1.54, 1.807) is 12.3 Å². The number of hydrogen-bond acceptors (Lipinski definition) is 4. The van der Waals surface area contributed by atoms with Crippen molar-refractivity contribution < 1.29 is 4.79 Å². The lowest BCUT2D eigenvalue weighted by Gasteiger charge is -2.14. The van der Waals surface area contributed by atoms with Gasteiger partial charge in [-0.1, -0.05) is 30.3 Å². The zero-order chi connectivity index (χ0) is 20.4. The number of carbonyl (C=O) groups is 1. The van der Waals surface area contributed by atoms with E-state index in [1.807, 2.05) is 63.2 Å². The highest BCUT2D eigenvalue weighted by Crippen LogP contribution is 2.27. The Kier molecular flexibility index (Phi) is 4.95. The standard InChI is InChI=1S/C22H22N6O/c1-13-9-17(10-14(2)24-13)21-18-12-23-20(11-19(18)27-28-21)26-22(29)25-15(3)16-7-5-4-6-8-16/h4-12,15H,1-3H3,(H,27,28)(H2,23,25,26,29)/t15-/m1/s1. The molecule has 1 atom stereocenters. The fourth-order valence-corrected chi connectivity index (χ4v) is 3.35. The molecule has 3 aromatic heterocycles. The zero-order valence-corrected chi connectivity index (χ0v) is 16.5. The molecule has 0 aliphatic carbocycles. The van der Waals surface area contributed by atoms with Gasteiger partial charge in [0, 0.05) is 34.6 Å². The van der Waals surface area contributed by atoms with Gasteiger partial charge < -0.3 is 5.32 Å². The molecule has 0 fully saturated rings. The van der Waals surface area contributed by atoms with Crippen molar-refractivity contribution in [3.05, 3.63) is 71.7 Å². The highest BCUT2D eigenvalue weighted by atomic mass is 16.2. The van der Waals surface area contributed by atoms with Crippen molar-refractivity contribution in [3.63, 3.8) is 0 Å². The molecule has 0 radical (unpaired) electrons. The van der Waals surface area contributed by atoms with Crippen LogP contribution in [0.2, 0.25) is 0 Å². The third kappa shape index (κ3) is 4.08. The number of urea groups is 1. The molecular formula is C22H22N6O. The molecule has 3 N–H and O–H groups in total. The van der Waals surface area contributed by atoms with Crippen molar-refractivity contribution in [2.45, 2.75) is 26.8 Å². The van der Waals surface area contributed by atoms with Gasteiger partial charge >= 0.3 is 6.03 Å². The predicted octanol–water partition coefficient (Wildman–Crippen LogP) is 4.52. The van der Waals surface area contributed by atoms with Crippen LogP contribution >= 0.6 is 0 Å². The van der Waals surface area contributed by atoms with E-state index >= 15 is 0 Å². The van der Waals surface area contributed by atoms with E-state index < -0.39 is 0 Å². The second kappa shape index (κ2) is 7.71. The molecule has 7 heteroatoms. The summed E-state index contributed by atoms with van der Waals surface area (Å²) in [6.07, 6.45) is 1.72. The van der Waals surface area contributed by atoms with Gasteiger partial charge in [0.25, 0.3) is 0 Å². The van der Waals surface area contributed by atoms with Crippen molar-refractivity contribution in [1.29, 1.82) is 0 Å². The number of hydrogen-bond donors (Lipinski definition) is 3. The smallest absolute Gasteiger partial charge is 0.320 e. The largest absolute Gasteiger partial charge is 0.331 e. The molecule has 0 aliphatic rings. The average Bonchev–Trinajstić information content (AvgIpc) is 3.11. The van der Waals surface area contributed by atoms with Crippen molar-refractivity contribution in [1.82, 2.24) is 25.5 Å². The van der Waals surface area contributed by atoms with Crippen LogP contribution < -0.4 is 10.6 Å². The van der Waals surface area contributed by atoms with E-state index in [1.165, 1.54) is 0 Å². The van der Waals surface area contributed by atoms with Gasteiger partial charge in [0.05, 0.1) is 11.6 Å². The number of benzene rings is 1. The number of pyridine rings is 2. The van der Waals surface area contributed by atoms with Gasteiger partial charge in [-0.15, -0.1) is 0 Å². The van der Waals surface area contributed by atoms with E-state index in [-0.39, 0.29) is 12.1 Å². The maximum Gasteiger partial charge on any atom is 0.320 e. The lowest BCUT2D eigenvalue weighted by Crippen LogP contribution is -2.31. The highest BCUT2D eigenvalue weighted by Gasteiger charge is 2.13. The Balaban J connectivity index is 1.52. The maximum absolute atomic E-state index is 12.3. The van der Waals surface area contributed by atoms with Crippen LogP contribution in [0.3, 0.4) is 0 Å². The number of anilines is 1. The van der Waals surface area contributed by atoms with Gasteiger partial charge in [-0.2, -0.15) is 5.10 Å². The first-order valence-electron chi connectivity index (χ1n) is 9.42. The number of nitrogens with one attached hydrogen (secondary N) is 3. The molecule has 0 spiro atoms. The normalized spacial score (nSPS) is 12.0. The molecule has 0 saturated heterocycles. The Morgan fingerprint density at radius 1 is 1.07 bits per heavy atom. The number of nitrogens with zero attached hydrogens (tertiary/aromatic N) is 3. The lowest BCUT2D eigenvalue weighted by molar-refractivity contribution is 0.249. The molecule has 0 bridgehead atoms. The van der Waals surface area contributed by atoms with Gasteiger partial charge in [0.2, 0.25) is 0 Å². The number of amides is 2. The Morgan fingerprint density at radius 2 is 1.79 bits per heavy atom. The summed E-state index contributed by atoms with van der Waals surface area (Å²) in [5.41, 5.74) is 5.51. The van der Waals surface area contributed by atoms with Crippen LogP contribution in [0.4, 0.5) is 10.6 Å². The third-order valence-electron chi connectivity index (χ3n) is 4.69. The molecule has 4 aromatic rings. The van der Waals surface area contributed by atoms with Gasteiger partial charge in [0.1, 0.15) is 11.5 Å². The maximum atomic E-state index is 12.3.